The summed E-state index contributed by atoms with van der Waals surface area (Å²) in [6.45, 7) is 3.51. The summed E-state index contributed by atoms with van der Waals surface area (Å²) in [5.74, 6) is 0.133. The van der Waals surface area contributed by atoms with Gasteiger partial charge in [0.15, 0.2) is 0 Å². The van der Waals surface area contributed by atoms with E-state index in [1.807, 2.05) is 6.92 Å². The lowest BCUT2D eigenvalue weighted by Crippen LogP contribution is -2.09. The molecule has 1 aromatic carbocycles. The molecular formula is C13H19NO4. The predicted octanol–water partition coefficient (Wildman–Crippen LogP) is 1.86. The Hall–Kier alpha value is -1.75. The lowest BCUT2D eigenvalue weighted by Gasteiger charge is -2.07. The largest absolute Gasteiger partial charge is 0.497 e. The van der Waals surface area contributed by atoms with Gasteiger partial charge in [-0.2, -0.15) is 0 Å². The molecule has 0 unspecified atom stereocenters. The van der Waals surface area contributed by atoms with Crippen molar-refractivity contribution in [1.82, 2.24) is 0 Å². The van der Waals surface area contributed by atoms with Gasteiger partial charge < -0.3 is 19.9 Å². The van der Waals surface area contributed by atoms with Crippen LogP contribution in [0, 0.1) is 0 Å². The van der Waals surface area contributed by atoms with Crippen LogP contribution < -0.4 is 10.5 Å². The topological polar surface area (TPSA) is 70.8 Å². The summed E-state index contributed by atoms with van der Waals surface area (Å²) in [5.41, 5.74) is 6.52. The number of esters is 1. The molecule has 2 N–H and O–H groups in total. The fraction of sp³-hybridized carbons (Fsp3) is 0.462. The SMILES string of the molecule is CCOCCCOC(=O)c1cc(N)cc(OC)c1. The number of ether oxygens (including phenoxy) is 3. The van der Waals surface area contributed by atoms with Crippen molar-refractivity contribution in [1.29, 1.82) is 0 Å². The van der Waals surface area contributed by atoms with Gasteiger partial charge in [0.05, 0.1) is 19.3 Å². The van der Waals surface area contributed by atoms with E-state index >= 15 is 0 Å². The van der Waals surface area contributed by atoms with Crippen LogP contribution in [-0.4, -0.2) is 32.9 Å². The number of rotatable bonds is 7. The van der Waals surface area contributed by atoms with Crippen LogP contribution >= 0.6 is 0 Å². The van der Waals surface area contributed by atoms with Gasteiger partial charge in [-0.15, -0.1) is 0 Å². The van der Waals surface area contributed by atoms with E-state index in [9.17, 15) is 4.79 Å². The minimum Gasteiger partial charge on any atom is -0.497 e. The lowest BCUT2D eigenvalue weighted by molar-refractivity contribution is 0.0452. The molecule has 0 radical (unpaired) electrons. The number of anilines is 1. The molecule has 0 atom stereocenters. The fourth-order valence-corrected chi connectivity index (χ4v) is 1.41. The zero-order valence-corrected chi connectivity index (χ0v) is 10.8. The van der Waals surface area contributed by atoms with Crippen LogP contribution in [0.2, 0.25) is 0 Å². The second kappa shape index (κ2) is 7.55. The van der Waals surface area contributed by atoms with Crippen LogP contribution in [-0.2, 0) is 9.47 Å². The van der Waals surface area contributed by atoms with E-state index in [4.69, 9.17) is 19.9 Å². The van der Waals surface area contributed by atoms with Crippen molar-refractivity contribution in [2.45, 2.75) is 13.3 Å². The van der Waals surface area contributed by atoms with Gasteiger partial charge in [0.2, 0.25) is 0 Å². The van der Waals surface area contributed by atoms with E-state index < -0.39 is 5.97 Å². The van der Waals surface area contributed by atoms with E-state index in [1.165, 1.54) is 7.11 Å². The van der Waals surface area contributed by atoms with Crippen molar-refractivity contribution < 1.29 is 19.0 Å². The molecule has 0 saturated heterocycles. The number of carbonyl (C=O) groups excluding carboxylic acids is 1. The first-order valence-corrected chi connectivity index (χ1v) is 5.86. The van der Waals surface area contributed by atoms with Crippen LogP contribution in [0.4, 0.5) is 5.69 Å². The van der Waals surface area contributed by atoms with Gasteiger partial charge >= 0.3 is 5.97 Å². The van der Waals surface area contributed by atoms with Crippen molar-refractivity contribution in [2.75, 3.05) is 32.7 Å². The summed E-state index contributed by atoms with van der Waals surface area (Å²) in [6, 6.07) is 4.81. The Labute approximate surface area is 107 Å². The van der Waals surface area contributed by atoms with Gasteiger partial charge in [0, 0.05) is 31.4 Å². The van der Waals surface area contributed by atoms with Gasteiger partial charge in [-0.3, -0.25) is 0 Å². The molecule has 5 heteroatoms. The predicted molar refractivity (Wildman–Crippen MR) is 68.8 cm³/mol. The normalized spacial score (nSPS) is 10.1. The molecule has 0 aliphatic heterocycles. The van der Waals surface area contributed by atoms with Crippen LogP contribution in [0.25, 0.3) is 0 Å². The molecule has 0 heterocycles. The minimum atomic E-state index is -0.405. The standard InChI is InChI=1S/C13H19NO4/c1-3-17-5-4-6-18-13(15)10-7-11(14)9-12(8-10)16-2/h7-9H,3-6,14H2,1-2H3. The van der Waals surface area contributed by atoms with Crippen LogP contribution in [0.5, 0.6) is 5.75 Å². The number of carbonyl (C=O) groups is 1. The Morgan fingerprint density at radius 2 is 2.06 bits per heavy atom. The summed E-state index contributed by atoms with van der Waals surface area (Å²) in [4.78, 5) is 11.7. The Balaban J connectivity index is 2.48. The Bertz CT molecular complexity index is 393. The molecule has 0 bridgehead atoms. The highest BCUT2D eigenvalue weighted by Gasteiger charge is 2.09. The molecule has 0 spiro atoms. The maximum absolute atomic E-state index is 11.7. The summed E-state index contributed by atoms with van der Waals surface area (Å²) in [6.07, 6.45) is 0.680. The number of hydrogen-bond acceptors (Lipinski definition) is 5. The number of hydrogen-bond donors (Lipinski definition) is 1. The van der Waals surface area contributed by atoms with Gasteiger partial charge in [0.25, 0.3) is 0 Å². The zero-order chi connectivity index (χ0) is 13.4. The van der Waals surface area contributed by atoms with E-state index in [-0.39, 0.29) is 0 Å². The molecule has 1 aromatic rings. The first-order valence-electron chi connectivity index (χ1n) is 5.86. The Morgan fingerprint density at radius 1 is 1.28 bits per heavy atom. The lowest BCUT2D eigenvalue weighted by atomic mass is 10.2. The number of nitrogen functional groups attached to an aromatic ring is 1. The Morgan fingerprint density at radius 3 is 2.72 bits per heavy atom. The molecule has 0 amide bonds. The van der Waals surface area contributed by atoms with Crippen LogP contribution in [0.15, 0.2) is 18.2 Å². The number of benzene rings is 1. The monoisotopic (exact) mass is 253 g/mol. The third kappa shape index (κ3) is 4.63. The second-order valence-corrected chi connectivity index (χ2v) is 3.68. The zero-order valence-electron chi connectivity index (χ0n) is 10.8. The van der Waals surface area contributed by atoms with E-state index in [0.717, 1.165) is 0 Å². The van der Waals surface area contributed by atoms with Gasteiger partial charge in [-0.1, -0.05) is 0 Å². The highest BCUT2D eigenvalue weighted by molar-refractivity contribution is 5.91. The summed E-state index contributed by atoms with van der Waals surface area (Å²) < 4.78 is 15.3. The number of methoxy groups -OCH3 is 1. The maximum Gasteiger partial charge on any atom is 0.338 e. The summed E-state index contributed by atoms with van der Waals surface area (Å²) in [7, 11) is 1.52. The molecular weight excluding hydrogens is 234 g/mol. The van der Waals surface area contributed by atoms with Gasteiger partial charge in [-0.25, -0.2) is 4.79 Å². The molecule has 0 aliphatic carbocycles. The first kappa shape index (κ1) is 14.3. The van der Waals surface area contributed by atoms with Gasteiger partial charge in [0.1, 0.15) is 5.75 Å². The smallest absolute Gasteiger partial charge is 0.338 e. The maximum atomic E-state index is 11.7. The van der Waals surface area contributed by atoms with Crippen LogP contribution in [0.1, 0.15) is 23.7 Å². The average Bonchev–Trinajstić information content (AvgIpc) is 2.37. The fourth-order valence-electron chi connectivity index (χ4n) is 1.41. The molecule has 0 aromatic heterocycles. The minimum absolute atomic E-state index is 0.329. The molecule has 18 heavy (non-hydrogen) atoms. The molecule has 5 nitrogen and oxygen atoms in total. The quantitative estimate of drug-likeness (QED) is 0.456. The highest BCUT2D eigenvalue weighted by Crippen LogP contribution is 2.19. The third-order valence-electron chi connectivity index (χ3n) is 2.27. The van der Waals surface area contributed by atoms with E-state index in [0.29, 0.717) is 43.2 Å². The molecule has 0 fully saturated rings. The van der Waals surface area contributed by atoms with Gasteiger partial charge in [-0.05, 0) is 19.1 Å². The summed E-state index contributed by atoms with van der Waals surface area (Å²) >= 11 is 0. The Kier molecular flexibility index (Phi) is 6.00. The van der Waals surface area contributed by atoms with Crippen molar-refractivity contribution in [2.24, 2.45) is 0 Å². The highest BCUT2D eigenvalue weighted by atomic mass is 16.5. The molecule has 0 aliphatic rings. The number of nitrogens with two attached hydrogens (primary N) is 1. The van der Waals surface area contributed by atoms with E-state index in [1.54, 1.807) is 18.2 Å². The third-order valence-corrected chi connectivity index (χ3v) is 2.27. The second-order valence-electron chi connectivity index (χ2n) is 3.68. The average molecular weight is 253 g/mol. The van der Waals surface area contributed by atoms with Crippen molar-refractivity contribution in [3.05, 3.63) is 23.8 Å². The molecule has 0 saturated carbocycles. The summed E-state index contributed by atoms with van der Waals surface area (Å²) in [5, 5.41) is 0. The molecule has 100 valence electrons. The van der Waals surface area contributed by atoms with Crippen molar-refractivity contribution in [3.8, 4) is 5.75 Å². The first-order chi connectivity index (χ1) is 8.67. The van der Waals surface area contributed by atoms with Crippen LogP contribution in [0.3, 0.4) is 0 Å². The van der Waals surface area contributed by atoms with Crippen molar-refractivity contribution >= 4 is 11.7 Å². The molecule has 1 rings (SSSR count). The van der Waals surface area contributed by atoms with Crippen molar-refractivity contribution in [3.63, 3.8) is 0 Å². The van der Waals surface area contributed by atoms with E-state index in [2.05, 4.69) is 0 Å².